The summed E-state index contributed by atoms with van der Waals surface area (Å²) in [5.41, 5.74) is 0.815. The lowest BCUT2D eigenvalue weighted by molar-refractivity contribution is -0.139. The molecule has 2 aromatic rings. The summed E-state index contributed by atoms with van der Waals surface area (Å²) in [6.07, 6.45) is 6.99. The zero-order chi connectivity index (χ0) is 17.4. The van der Waals surface area contributed by atoms with Crippen LogP contribution in [-0.4, -0.2) is 45.2 Å². The van der Waals surface area contributed by atoms with Crippen molar-refractivity contribution >= 4 is 5.91 Å². The lowest BCUT2D eigenvalue weighted by atomic mass is 9.77. The van der Waals surface area contributed by atoms with Crippen molar-refractivity contribution in [3.63, 3.8) is 0 Å². The molecule has 1 atom stereocenters. The molecule has 1 spiro atoms. The lowest BCUT2D eigenvalue weighted by Gasteiger charge is -2.33. The fourth-order valence-corrected chi connectivity index (χ4v) is 3.97. The summed E-state index contributed by atoms with van der Waals surface area (Å²) in [5.74, 6) is 0.441. The summed E-state index contributed by atoms with van der Waals surface area (Å²) < 4.78 is 14.5. The van der Waals surface area contributed by atoms with Crippen LogP contribution in [0.3, 0.4) is 0 Å². The summed E-state index contributed by atoms with van der Waals surface area (Å²) in [4.78, 5) is 19.4. The molecule has 0 saturated carbocycles. The second kappa shape index (κ2) is 6.22. The van der Waals surface area contributed by atoms with Crippen molar-refractivity contribution < 1.29 is 9.18 Å². The number of aromatic nitrogens is 3. The van der Waals surface area contributed by atoms with Gasteiger partial charge in [-0.05, 0) is 50.9 Å². The molecule has 6 nitrogen and oxygen atoms in total. The summed E-state index contributed by atoms with van der Waals surface area (Å²) in [5, 5.41) is 7.26. The molecule has 1 amide bonds. The predicted molar refractivity (Wildman–Crippen MR) is 90.6 cm³/mol. The van der Waals surface area contributed by atoms with E-state index < -0.39 is 5.82 Å². The first-order valence-electron chi connectivity index (χ1n) is 8.77. The van der Waals surface area contributed by atoms with Gasteiger partial charge in [0.05, 0.1) is 23.9 Å². The number of nitrogens with zero attached hydrogens (tertiary/aromatic N) is 4. The molecule has 1 N–H and O–H groups in total. The predicted octanol–water partition coefficient (Wildman–Crippen LogP) is 2.07. The number of likely N-dealkylation sites (tertiary alicyclic amines) is 1. The van der Waals surface area contributed by atoms with E-state index in [0.717, 1.165) is 50.7 Å². The maximum atomic E-state index is 13.1. The molecule has 2 aliphatic heterocycles. The van der Waals surface area contributed by atoms with Gasteiger partial charge in [0, 0.05) is 12.7 Å². The number of halogens is 1. The van der Waals surface area contributed by atoms with E-state index in [-0.39, 0.29) is 17.4 Å². The van der Waals surface area contributed by atoms with Crippen LogP contribution >= 0.6 is 0 Å². The smallest absolute Gasteiger partial charge is 0.229 e. The third-order valence-electron chi connectivity index (χ3n) is 5.61. The van der Waals surface area contributed by atoms with Crippen molar-refractivity contribution in [2.75, 3.05) is 19.6 Å². The third-order valence-corrected chi connectivity index (χ3v) is 5.61. The number of carbonyl (C=O) groups is 1. The van der Waals surface area contributed by atoms with Crippen LogP contribution in [0.1, 0.15) is 37.8 Å². The van der Waals surface area contributed by atoms with E-state index in [4.69, 9.17) is 0 Å². The number of rotatable bonds is 3. The Morgan fingerprint density at radius 1 is 1.24 bits per heavy atom. The summed E-state index contributed by atoms with van der Waals surface area (Å²) in [6, 6.07) is 3.73. The molecule has 0 bridgehead atoms. The fraction of sp³-hybridized carbons (Fsp3) is 0.500. The van der Waals surface area contributed by atoms with Crippen LogP contribution < -0.4 is 5.32 Å². The summed E-state index contributed by atoms with van der Waals surface area (Å²) in [6.45, 7) is 4.68. The molecule has 25 heavy (non-hydrogen) atoms. The molecule has 0 aliphatic carbocycles. The molecule has 0 aromatic carbocycles. The van der Waals surface area contributed by atoms with E-state index in [1.54, 1.807) is 12.3 Å². The van der Waals surface area contributed by atoms with Gasteiger partial charge in [-0.1, -0.05) is 6.07 Å². The second-order valence-electron chi connectivity index (χ2n) is 7.01. The van der Waals surface area contributed by atoms with Crippen molar-refractivity contribution in [2.24, 2.45) is 5.41 Å². The topological polar surface area (TPSA) is 63.1 Å². The first-order chi connectivity index (χ1) is 12.1. The zero-order valence-electron chi connectivity index (χ0n) is 14.3. The average Bonchev–Trinajstić information content (AvgIpc) is 3.20. The van der Waals surface area contributed by atoms with E-state index in [1.165, 1.54) is 10.9 Å². The fourth-order valence-electron chi connectivity index (χ4n) is 3.97. The highest BCUT2D eigenvalue weighted by Crippen LogP contribution is 2.42. The van der Waals surface area contributed by atoms with Crippen LogP contribution in [0.2, 0.25) is 0 Å². The second-order valence-corrected chi connectivity index (χ2v) is 7.01. The van der Waals surface area contributed by atoms with Gasteiger partial charge in [-0.25, -0.2) is 14.1 Å². The Balaban J connectivity index is 1.51. The molecule has 7 heteroatoms. The van der Waals surface area contributed by atoms with Gasteiger partial charge in [0.15, 0.2) is 11.6 Å². The van der Waals surface area contributed by atoms with E-state index in [2.05, 4.69) is 15.4 Å². The van der Waals surface area contributed by atoms with E-state index in [0.29, 0.717) is 5.82 Å². The molecule has 4 heterocycles. The molecule has 2 fully saturated rings. The van der Waals surface area contributed by atoms with Crippen LogP contribution in [0.15, 0.2) is 30.7 Å². The lowest BCUT2D eigenvalue weighted by Crippen LogP contribution is -2.43. The number of pyridine rings is 1. The number of amides is 1. The van der Waals surface area contributed by atoms with Gasteiger partial charge in [-0.15, -0.1) is 0 Å². The Labute approximate surface area is 146 Å². The molecule has 4 rings (SSSR count). The van der Waals surface area contributed by atoms with Crippen LogP contribution in [-0.2, 0) is 4.79 Å². The minimum Gasteiger partial charge on any atom is -0.335 e. The van der Waals surface area contributed by atoms with E-state index in [9.17, 15) is 9.18 Å². The average molecular weight is 343 g/mol. The highest BCUT2D eigenvalue weighted by atomic mass is 19.1. The molecule has 2 saturated heterocycles. The Kier molecular flexibility index (Phi) is 4.03. The van der Waals surface area contributed by atoms with Crippen LogP contribution in [0.25, 0.3) is 5.82 Å². The third kappa shape index (κ3) is 2.82. The first-order valence-corrected chi connectivity index (χ1v) is 8.77. The highest BCUT2D eigenvalue weighted by Gasteiger charge is 2.48. The van der Waals surface area contributed by atoms with Crippen LogP contribution in [0.5, 0.6) is 0 Å². The van der Waals surface area contributed by atoms with Gasteiger partial charge in [0.1, 0.15) is 0 Å². The van der Waals surface area contributed by atoms with Crippen LogP contribution in [0.4, 0.5) is 4.39 Å². The van der Waals surface area contributed by atoms with E-state index >= 15 is 0 Å². The van der Waals surface area contributed by atoms with Crippen molar-refractivity contribution in [2.45, 2.75) is 32.2 Å². The minimum absolute atomic E-state index is 0.0160. The maximum Gasteiger partial charge on any atom is 0.229 e. The van der Waals surface area contributed by atoms with Gasteiger partial charge in [0.2, 0.25) is 5.91 Å². The van der Waals surface area contributed by atoms with Gasteiger partial charge >= 0.3 is 0 Å². The maximum absolute atomic E-state index is 13.1. The SMILES string of the molecule is C[C@@H](c1ccc(-n2cc(F)cn2)nc1)N1CCC2(CCNCC2)C1=O. The van der Waals surface area contributed by atoms with Crippen molar-refractivity contribution in [1.29, 1.82) is 0 Å². The molecule has 132 valence electrons. The standard InChI is InChI=1S/C18H22FN5O/c1-13(23-9-6-18(17(23)25)4-7-20-8-5-18)14-2-3-16(21-10-14)24-12-15(19)11-22-24/h2-3,10-13,20H,4-9H2,1H3/t13-/m0/s1. The number of hydrogen-bond donors (Lipinski definition) is 1. The van der Waals surface area contributed by atoms with Crippen molar-refractivity contribution in [1.82, 2.24) is 25.0 Å². The molecule has 0 unspecified atom stereocenters. The van der Waals surface area contributed by atoms with Crippen molar-refractivity contribution in [3.8, 4) is 5.82 Å². The highest BCUT2D eigenvalue weighted by molar-refractivity contribution is 5.85. The van der Waals surface area contributed by atoms with Crippen LogP contribution in [0, 0.1) is 11.2 Å². The van der Waals surface area contributed by atoms with Gasteiger partial charge < -0.3 is 10.2 Å². The number of carbonyl (C=O) groups excluding carboxylic acids is 1. The Morgan fingerprint density at radius 3 is 2.68 bits per heavy atom. The quantitative estimate of drug-likeness (QED) is 0.927. The normalized spacial score (nSPS) is 21.0. The summed E-state index contributed by atoms with van der Waals surface area (Å²) in [7, 11) is 0. The number of nitrogens with one attached hydrogen (secondary N) is 1. The van der Waals surface area contributed by atoms with Gasteiger partial charge in [-0.3, -0.25) is 4.79 Å². The zero-order valence-corrected chi connectivity index (χ0v) is 14.3. The molecular formula is C18H22FN5O. The summed E-state index contributed by atoms with van der Waals surface area (Å²) >= 11 is 0. The van der Waals surface area contributed by atoms with E-state index in [1.807, 2.05) is 17.9 Å². The Bertz CT molecular complexity index is 766. The molecule has 2 aromatic heterocycles. The molecular weight excluding hydrogens is 321 g/mol. The largest absolute Gasteiger partial charge is 0.335 e. The van der Waals surface area contributed by atoms with Crippen molar-refractivity contribution in [3.05, 3.63) is 42.1 Å². The monoisotopic (exact) mass is 343 g/mol. The molecule has 0 radical (unpaired) electrons. The number of piperidine rings is 1. The number of hydrogen-bond acceptors (Lipinski definition) is 4. The van der Waals surface area contributed by atoms with Gasteiger partial charge in [0.25, 0.3) is 0 Å². The Morgan fingerprint density at radius 2 is 2.04 bits per heavy atom. The molecule has 2 aliphatic rings. The van der Waals surface area contributed by atoms with Gasteiger partial charge in [-0.2, -0.15) is 5.10 Å². The first kappa shape index (κ1) is 16.2. The minimum atomic E-state index is -0.394. The Hall–Kier alpha value is -2.28.